The van der Waals surface area contributed by atoms with Gasteiger partial charge in [0.05, 0.1) is 0 Å². The van der Waals surface area contributed by atoms with Crippen molar-refractivity contribution in [3.63, 3.8) is 0 Å². The van der Waals surface area contributed by atoms with Gasteiger partial charge in [0.25, 0.3) is 0 Å². The number of allylic oxidation sites excluding steroid dienone is 5. The molecule has 0 radical (unpaired) electrons. The van der Waals surface area contributed by atoms with Crippen LogP contribution in [0.25, 0.3) is 0 Å². The second-order valence-corrected chi connectivity index (χ2v) is 5.02. The van der Waals surface area contributed by atoms with Crippen LogP contribution in [0.4, 0.5) is 0 Å². The number of carbonyl (C=O) groups is 1. The predicted molar refractivity (Wildman–Crippen MR) is 99.6 cm³/mol. The van der Waals surface area contributed by atoms with Gasteiger partial charge in [0.15, 0.2) is 0 Å². The third-order valence-electron chi connectivity index (χ3n) is 2.54. The van der Waals surface area contributed by atoms with Gasteiger partial charge in [-0.2, -0.15) is 0 Å². The second kappa shape index (κ2) is 17.9. The Labute approximate surface area is 147 Å². The minimum Gasteiger partial charge on any atom is -0.481 e. The molecule has 0 saturated carbocycles. The highest BCUT2D eigenvalue weighted by Crippen LogP contribution is 2.01. The number of unbranched alkanes of at least 4 members (excludes halogenated alkanes) is 4. The summed E-state index contributed by atoms with van der Waals surface area (Å²) in [5.74, 6) is 16.1. The van der Waals surface area contributed by atoms with Crippen LogP contribution < -0.4 is 0 Å². The van der Waals surface area contributed by atoms with Crippen molar-refractivity contribution in [1.29, 1.82) is 0 Å². The largest absolute Gasteiger partial charge is 0.481 e. The van der Waals surface area contributed by atoms with E-state index in [4.69, 9.17) is 5.11 Å². The zero-order valence-corrected chi connectivity index (χ0v) is 14.7. The molecule has 0 heterocycles. The molecule has 0 aromatic carbocycles. The molecule has 0 unspecified atom stereocenters. The second-order valence-electron chi connectivity index (χ2n) is 4.49. The van der Waals surface area contributed by atoms with Gasteiger partial charge < -0.3 is 5.11 Å². The molecule has 0 saturated heterocycles. The number of carboxylic acids is 1. The first-order valence-corrected chi connectivity index (χ1v) is 8.45. The first kappa shape index (κ1) is 20.9. The van der Waals surface area contributed by atoms with Gasteiger partial charge in [-0.15, -0.1) is 0 Å². The van der Waals surface area contributed by atoms with Gasteiger partial charge in [0.1, 0.15) is 0 Å². The fourth-order valence-electron chi connectivity index (χ4n) is 1.45. The standard InChI is InChI=1S/C20H21BrO2/c21-19-17-15-13-11-9-7-5-3-1-2-4-6-8-10-12-14-16-18-20(22)23/h2,4,9,11,17,19H,1,3,5,7,14,16,18H2,(H,22,23)/b4-2+,11-9+,19-17+. The Balaban J connectivity index is 3.59. The maximum Gasteiger partial charge on any atom is 0.303 e. The lowest BCUT2D eigenvalue weighted by atomic mass is 10.2. The van der Waals surface area contributed by atoms with Crippen LogP contribution >= 0.6 is 15.9 Å². The number of aliphatic carboxylic acids is 1. The quantitative estimate of drug-likeness (QED) is 0.489. The summed E-state index contributed by atoms with van der Waals surface area (Å²) >= 11 is 3.15. The molecule has 0 aromatic rings. The van der Waals surface area contributed by atoms with Crippen molar-refractivity contribution in [3.05, 3.63) is 35.4 Å². The molecule has 2 nitrogen and oxygen atoms in total. The van der Waals surface area contributed by atoms with Gasteiger partial charge in [-0.3, -0.25) is 4.79 Å². The third-order valence-corrected chi connectivity index (χ3v) is 2.80. The molecule has 0 bridgehead atoms. The monoisotopic (exact) mass is 372 g/mol. The molecule has 0 rings (SSSR count). The molecule has 0 atom stereocenters. The van der Waals surface area contributed by atoms with Crippen LogP contribution in [0.2, 0.25) is 0 Å². The average Bonchev–Trinajstić information content (AvgIpc) is 2.53. The van der Waals surface area contributed by atoms with Gasteiger partial charge in [0, 0.05) is 12.8 Å². The van der Waals surface area contributed by atoms with E-state index in [0.29, 0.717) is 12.8 Å². The molecule has 120 valence electrons. The van der Waals surface area contributed by atoms with E-state index in [9.17, 15) is 4.79 Å². The zero-order valence-electron chi connectivity index (χ0n) is 13.1. The summed E-state index contributed by atoms with van der Waals surface area (Å²) in [4.78, 5) is 12.0. The maximum absolute atomic E-state index is 10.3. The Morgan fingerprint density at radius 2 is 1.57 bits per heavy atom. The number of hydrogen-bond acceptors (Lipinski definition) is 1. The number of halogens is 1. The highest BCUT2D eigenvalue weighted by Gasteiger charge is 1.92. The summed E-state index contributed by atoms with van der Waals surface area (Å²) in [5.41, 5.74) is 0. The molecule has 1 N–H and O–H groups in total. The summed E-state index contributed by atoms with van der Waals surface area (Å²) in [6.07, 6.45) is 15.2. The van der Waals surface area contributed by atoms with E-state index in [1.807, 2.05) is 18.2 Å². The van der Waals surface area contributed by atoms with E-state index >= 15 is 0 Å². The van der Waals surface area contributed by atoms with Crippen LogP contribution in [0.1, 0.15) is 44.9 Å². The van der Waals surface area contributed by atoms with E-state index in [-0.39, 0.29) is 6.42 Å². The minimum atomic E-state index is -0.781. The molecule has 3 heteroatoms. The number of carboxylic acid groups (broad SMARTS) is 1. The van der Waals surface area contributed by atoms with Crippen molar-refractivity contribution in [2.45, 2.75) is 44.9 Å². The first-order chi connectivity index (χ1) is 11.3. The molecule has 23 heavy (non-hydrogen) atoms. The first-order valence-electron chi connectivity index (χ1n) is 7.54. The van der Waals surface area contributed by atoms with Crippen LogP contribution in [-0.2, 0) is 4.79 Å². The summed E-state index contributed by atoms with van der Waals surface area (Å²) in [6, 6.07) is 0. The molecule has 0 amide bonds. The zero-order chi connectivity index (χ0) is 17.0. The van der Waals surface area contributed by atoms with Crippen LogP contribution in [-0.4, -0.2) is 11.1 Å². The average molecular weight is 373 g/mol. The van der Waals surface area contributed by atoms with E-state index in [0.717, 1.165) is 25.7 Å². The fraction of sp³-hybridized carbons (Fsp3) is 0.350. The number of rotatable bonds is 8. The highest BCUT2D eigenvalue weighted by atomic mass is 79.9. The molecule has 0 aliphatic rings. The van der Waals surface area contributed by atoms with Crippen molar-refractivity contribution < 1.29 is 9.90 Å². The lowest BCUT2D eigenvalue weighted by molar-refractivity contribution is -0.137. The highest BCUT2D eigenvalue weighted by molar-refractivity contribution is 9.11. The van der Waals surface area contributed by atoms with Crippen molar-refractivity contribution in [3.8, 4) is 35.5 Å². The predicted octanol–water partition coefficient (Wildman–Crippen LogP) is 4.83. The fourth-order valence-corrected chi connectivity index (χ4v) is 1.58. The van der Waals surface area contributed by atoms with Crippen LogP contribution in [0.15, 0.2) is 35.4 Å². The van der Waals surface area contributed by atoms with E-state index in [1.165, 1.54) is 0 Å². The SMILES string of the molecule is O=C(O)CCCC#CC#C/C=C/CCCC/C=C/C#C/C=C/Br. The smallest absolute Gasteiger partial charge is 0.303 e. The van der Waals surface area contributed by atoms with E-state index < -0.39 is 5.97 Å². The van der Waals surface area contributed by atoms with Crippen LogP contribution in [0.5, 0.6) is 0 Å². The van der Waals surface area contributed by atoms with Gasteiger partial charge >= 0.3 is 5.97 Å². The Kier molecular flexibility index (Phi) is 16.2. The molecule has 0 spiro atoms. The van der Waals surface area contributed by atoms with Crippen molar-refractivity contribution >= 4 is 21.9 Å². The molecular formula is C20H21BrO2. The topological polar surface area (TPSA) is 37.3 Å². The maximum atomic E-state index is 10.3. The van der Waals surface area contributed by atoms with Crippen LogP contribution in [0, 0.1) is 35.5 Å². The Morgan fingerprint density at radius 1 is 0.913 bits per heavy atom. The number of hydrogen-bond donors (Lipinski definition) is 1. The molecule has 0 fully saturated rings. The summed E-state index contributed by atoms with van der Waals surface area (Å²) in [6.45, 7) is 0. The normalized spacial score (nSPS) is 9.96. The molecule has 0 aliphatic heterocycles. The van der Waals surface area contributed by atoms with Gasteiger partial charge in [-0.05, 0) is 67.2 Å². The molecule has 0 aliphatic carbocycles. The summed E-state index contributed by atoms with van der Waals surface area (Å²) in [7, 11) is 0. The summed E-state index contributed by atoms with van der Waals surface area (Å²) in [5, 5.41) is 8.45. The van der Waals surface area contributed by atoms with Gasteiger partial charge in [-0.25, -0.2) is 0 Å². The van der Waals surface area contributed by atoms with E-state index in [1.54, 1.807) is 11.1 Å². The van der Waals surface area contributed by atoms with Crippen LogP contribution in [0.3, 0.4) is 0 Å². The third kappa shape index (κ3) is 19.9. The Morgan fingerprint density at radius 3 is 2.22 bits per heavy atom. The lowest BCUT2D eigenvalue weighted by Gasteiger charge is -1.90. The van der Waals surface area contributed by atoms with Crippen molar-refractivity contribution in [2.24, 2.45) is 0 Å². The molecular weight excluding hydrogens is 352 g/mol. The Hall–Kier alpha value is -2.15. The van der Waals surface area contributed by atoms with E-state index in [2.05, 4.69) is 57.5 Å². The van der Waals surface area contributed by atoms with Gasteiger partial charge in [0.2, 0.25) is 0 Å². The Bertz CT molecular complexity index is 593. The summed E-state index contributed by atoms with van der Waals surface area (Å²) < 4.78 is 0. The van der Waals surface area contributed by atoms with Crippen molar-refractivity contribution in [2.75, 3.05) is 0 Å². The van der Waals surface area contributed by atoms with Gasteiger partial charge in [-0.1, -0.05) is 51.8 Å². The lowest BCUT2D eigenvalue weighted by Crippen LogP contribution is -1.92. The minimum absolute atomic E-state index is 0.164. The molecule has 0 aromatic heterocycles. The van der Waals surface area contributed by atoms with Crippen molar-refractivity contribution in [1.82, 2.24) is 0 Å².